The van der Waals surface area contributed by atoms with Crippen LogP contribution in [0.25, 0.3) is 0 Å². The van der Waals surface area contributed by atoms with Crippen molar-refractivity contribution in [2.75, 3.05) is 13.7 Å². The van der Waals surface area contributed by atoms with Crippen molar-refractivity contribution < 1.29 is 9.47 Å². The standard InChI is InChI=1S/C11H18N2O2S/c1-8-10(3-4-15-8)12-5-9-7-16-11(13-9)6-14-2/h7-8,10,12H,3-6H2,1-2H3. The fourth-order valence-electron chi connectivity index (χ4n) is 1.86. The molecule has 1 saturated heterocycles. The summed E-state index contributed by atoms with van der Waals surface area (Å²) < 4.78 is 10.5. The highest BCUT2D eigenvalue weighted by Gasteiger charge is 2.23. The van der Waals surface area contributed by atoms with Crippen LogP contribution < -0.4 is 5.32 Å². The molecular weight excluding hydrogens is 224 g/mol. The first-order chi connectivity index (χ1) is 7.79. The highest BCUT2D eigenvalue weighted by Crippen LogP contribution is 2.14. The molecule has 1 aromatic rings. The highest BCUT2D eigenvalue weighted by molar-refractivity contribution is 7.09. The predicted molar refractivity (Wildman–Crippen MR) is 63.5 cm³/mol. The van der Waals surface area contributed by atoms with Crippen molar-refractivity contribution in [3.8, 4) is 0 Å². The summed E-state index contributed by atoms with van der Waals surface area (Å²) in [5, 5.41) is 6.60. The van der Waals surface area contributed by atoms with E-state index in [1.807, 2.05) is 0 Å². The number of ether oxygens (including phenoxy) is 2. The van der Waals surface area contributed by atoms with Gasteiger partial charge in [0.25, 0.3) is 0 Å². The van der Waals surface area contributed by atoms with Crippen LogP contribution in [0.3, 0.4) is 0 Å². The third kappa shape index (κ3) is 3.01. The van der Waals surface area contributed by atoms with E-state index in [1.165, 1.54) is 0 Å². The van der Waals surface area contributed by atoms with Crippen molar-refractivity contribution in [3.05, 3.63) is 16.1 Å². The number of aromatic nitrogens is 1. The second kappa shape index (κ2) is 5.72. The molecule has 0 bridgehead atoms. The molecule has 90 valence electrons. The molecular formula is C11H18N2O2S. The zero-order valence-electron chi connectivity index (χ0n) is 9.73. The summed E-state index contributed by atoms with van der Waals surface area (Å²) in [5.41, 5.74) is 1.09. The summed E-state index contributed by atoms with van der Waals surface area (Å²) in [6.07, 6.45) is 1.41. The van der Waals surface area contributed by atoms with Crippen LogP contribution in [0.2, 0.25) is 0 Å². The summed E-state index contributed by atoms with van der Waals surface area (Å²) in [4.78, 5) is 4.48. The summed E-state index contributed by atoms with van der Waals surface area (Å²) >= 11 is 1.65. The molecule has 0 spiro atoms. The van der Waals surface area contributed by atoms with Crippen molar-refractivity contribution in [2.24, 2.45) is 0 Å². The fourth-order valence-corrected chi connectivity index (χ4v) is 2.62. The van der Waals surface area contributed by atoms with Crippen molar-refractivity contribution in [1.29, 1.82) is 0 Å². The Kier molecular flexibility index (Phi) is 4.29. The van der Waals surface area contributed by atoms with Crippen molar-refractivity contribution in [1.82, 2.24) is 10.3 Å². The van der Waals surface area contributed by atoms with Crippen molar-refractivity contribution in [3.63, 3.8) is 0 Å². The monoisotopic (exact) mass is 242 g/mol. The quantitative estimate of drug-likeness (QED) is 0.851. The van der Waals surface area contributed by atoms with Crippen LogP contribution in [0.1, 0.15) is 24.0 Å². The largest absolute Gasteiger partial charge is 0.378 e. The Balaban J connectivity index is 1.80. The topological polar surface area (TPSA) is 43.4 Å². The van der Waals surface area contributed by atoms with Crippen LogP contribution in [0.4, 0.5) is 0 Å². The van der Waals surface area contributed by atoms with Gasteiger partial charge in [-0.05, 0) is 13.3 Å². The van der Waals surface area contributed by atoms with Gasteiger partial charge in [-0.1, -0.05) is 0 Å². The molecule has 2 unspecified atom stereocenters. The van der Waals surface area contributed by atoms with Gasteiger partial charge in [0, 0.05) is 31.7 Å². The van der Waals surface area contributed by atoms with E-state index >= 15 is 0 Å². The van der Waals surface area contributed by atoms with E-state index in [0.29, 0.717) is 18.8 Å². The number of hydrogen-bond acceptors (Lipinski definition) is 5. The van der Waals surface area contributed by atoms with Crippen LogP contribution >= 0.6 is 11.3 Å². The van der Waals surface area contributed by atoms with E-state index in [-0.39, 0.29) is 0 Å². The number of methoxy groups -OCH3 is 1. The minimum atomic E-state index is 0.317. The molecule has 0 aromatic carbocycles. The molecule has 0 amide bonds. The smallest absolute Gasteiger partial charge is 0.119 e. The SMILES string of the molecule is COCc1nc(CNC2CCOC2C)cs1. The summed E-state index contributed by atoms with van der Waals surface area (Å²) in [5.74, 6) is 0. The van der Waals surface area contributed by atoms with Crippen LogP contribution in [0.15, 0.2) is 5.38 Å². The number of hydrogen-bond donors (Lipinski definition) is 1. The number of nitrogens with one attached hydrogen (secondary N) is 1. The normalized spacial score (nSPS) is 25.1. The van der Waals surface area contributed by atoms with Crippen LogP contribution in [0.5, 0.6) is 0 Å². The Hall–Kier alpha value is -0.490. The van der Waals surface area contributed by atoms with E-state index in [1.54, 1.807) is 18.4 Å². The van der Waals surface area contributed by atoms with Gasteiger partial charge in [0.15, 0.2) is 0 Å². The molecule has 0 saturated carbocycles. The third-order valence-corrected chi connectivity index (χ3v) is 3.66. The van der Waals surface area contributed by atoms with Gasteiger partial charge in [-0.3, -0.25) is 0 Å². The van der Waals surface area contributed by atoms with Gasteiger partial charge in [-0.15, -0.1) is 11.3 Å². The Morgan fingerprint density at radius 2 is 2.56 bits per heavy atom. The van der Waals surface area contributed by atoms with Gasteiger partial charge in [-0.25, -0.2) is 4.98 Å². The van der Waals surface area contributed by atoms with Crippen LogP contribution in [-0.4, -0.2) is 30.8 Å². The maximum atomic E-state index is 5.50. The second-order valence-electron chi connectivity index (χ2n) is 4.02. The molecule has 2 atom stereocenters. The lowest BCUT2D eigenvalue weighted by Crippen LogP contribution is -2.34. The lowest BCUT2D eigenvalue weighted by Gasteiger charge is -2.14. The average Bonchev–Trinajstić information content (AvgIpc) is 2.86. The van der Waals surface area contributed by atoms with Gasteiger partial charge in [-0.2, -0.15) is 0 Å². The molecule has 1 N–H and O–H groups in total. The second-order valence-corrected chi connectivity index (χ2v) is 4.96. The van der Waals surface area contributed by atoms with E-state index < -0.39 is 0 Å². The van der Waals surface area contributed by atoms with Gasteiger partial charge < -0.3 is 14.8 Å². The minimum Gasteiger partial charge on any atom is -0.378 e. The maximum absolute atomic E-state index is 5.50. The molecule has 0 radical (unpaired) electrons. The number of nitrogens with zero attached hydrogens (tertiary/aromatic N) is 1. The van der Waals surface area contributed by atoms with Gasteiger partial charge in [0.2, 0.25) is 0 Å². The molecule has 1 fully saturated rings. The van der Waals surface area contributed by atoms with E-state index in [2.05, 4.69) is 22.6 Å². The summed E-state index contributed by atoms with van der Waals surface area (Å²) in [7, 11) is 1.69. The fraction of sp³-hybridized carbons (Fsp3) is 0.727. The maximum Gasteiger partial charge on any atom is 0.119 e. The minimum absolute atomic E-state index is 0.317. The summed E-state index contributed by atoms with van der Waals surface area (Å²) in [6, 6.07) is 0.465. The van der Waals surface area contributed by atoms with Crippen molar-refractivity contribution in [2.45, 2.75) is 38.6 Å². The molecule has 0 aliphatic carbocycles. The molecule has 2 rings (SSSR count). The van der Waals surface area contributed by atoms with E-state index in [9.17, 15) is 0 Å². The average molecular weight is 242 g/mol. The van der Waals surface area contributed by atoms with Crippen molar-refractivity contribution >= 4 is 11.3 Å². The molecule has 1 aromatic heterocycles. The van der Waals surface area contributed by atoms with Gasteiger partial charge in [0.05, 0.1) is 18.4 Å². The zero-order chi connectivity index (χ0) is 11.4. The highest BCUT2D eigenvalue weighted by atomic mass is 32.1. The first kappa shape index (κ1) is 12.0. The number of rotatable bonds is 5. The summed E-state index contributed by atoms with van der Waals surface area (Å²) in [6.45, 7) is 4.40. The zero-order valence-corrected chi connectivity index (χ0v) is 10.5. The molecule has 5 heteroatoms. The number of thiazole rings is 1. The van der Waals surface area contributed by atoms with Gasteiger partial charge >= 0.3 is 0 Å². The third-order valence-electron chi connectivity index (χ3n) is 2.79. The van der Waals surface area contributed by atoms with Crippen LogP contribution in [0, 0.1) is 0 Å². The molecule has 4 nitrogen and oxygen atoms in total. The molecule has 16 heavy (non-hydrogen) atoms. The Bertz CT molecular complexity index is 330. The van der Waals surface area contributed by atoms with Crippen LogP contribution in [-0.2, 0) is 22.6 Å². The molecule has 2 heterocycles. The van der Waals surface area contributed by atoms with E-state index in [0.717, 1.165) is 30.3 Å². The first-order valence-corrected chi connectivity index (χ1v) is 6.44. The molecule has 1 aliphatic heterocycles. The first-order valence-electron chi connectivity index (χ1n) is 5.57. The van der Waals surface area contributed by atoms with E-state index in [4.69, 9.17) is 9.47 Å². The lowest BCUT2D eigenvalue weighted by molar-refractivity contribution is 0.113. The predicted octanol–water partition coefficient (Wildman–Crippen LogP) is 1.56. The Morgan fingerprint density at radius 1 is 1.69 bits per heavy atom. The Labute approximate surface area is 100.0 Å². The lowest BCUT2D eigenvalue weighted by atomic mass is 10.1. The Morgan fingerprint density at radius 3 is 3.25 bits per heavy atom. The molecule has 1 aliphatic rings. The van der Waals surface area contributed by atoms with Gasteiger partial charge in [0.1, 0.15) is 5.01 Å².